The molecule has 2 atom stereocenters. The fourth-order valence-electron chi connectivity index (χ4n) is 1.93. The average Bonchev–Trinajstić information content (AvgIpc) is 2.36. The topological polar surface area (TPSA) is 9.23 Å². The highest BCUT2D eigenvalue weighted by Crippen LogP contribution is 2.16. The zero-order valence-electron chi connectivity index (χ0n) is 10.8. The van der Waals surface area contributed by atoms with Gasteiger partial charge in [0.2, 0.25) is 0 Å². The van der Waals surface area contributed by atoms with Gasteiger partial charge in [0, 0.05) is 18.4 Å². The highest BCUT2D eigenvalue weighted by molar-refractivity contribution is 9.09. The predicted octanol–water partition coefficient (Wildman–Crippen LogP) is 4.22. The molecule has 0 radical (unpaired) electrons. The summed E-state index contributed by atoms with van der Waals surface area (Å²) in [5, 5.41) is 0.930. The van der Waals surface area contributed by atoms with Gasteiger partial charge in [-0.05, 0) is 18.9 Å². The van der Waals surface area contributed by atoms with E-state index in [9.17, 15) is 0 Å². The number of allylic oxidation sites excluding steroid dienone is 1. The largest absolute Gasteiger partial charge is 0.381 e. The lowest BCUT2D eigenvalue weighted by Crippen LogP contribution is -2.22. The molecule has 94 valence electrons. The van der Waals surface area contributed by atoms with Gasteiger partial charge in [0.05, 0.1) is 6.10 Å². The molecule has 17 heavy (non-hydrogen) atoms. The maximum Gasteiger partial charge on any atom is 0.0671 e. The fourth-order valence-corrected chi connectivity index (χ4v) is 2.12. The van der Waals surface area contributed by atoms with Crippen molar-refractivity contribution in [2.24, 2.45) is 5.92 Å². The van der Waals surface area contributed by atoms with Crippen molar-refractivity contribution in [3.05, 3.63) is 47.5 Å². The number of methoxy groups -OCH3 is 1. The smallest absolute Gasteiger partial charge is 0.0671 e. The normalized spacial score (nSPS) is 15.6. The van der Waals surface area contributed by atoms with Crippen molar-refractivity contribution < 1.29 is 4.74 Å². The zero-order chi connectivity index (χ0) is 12.7. The zero-order valence-corrected chi connectivity index (χ0v) is 12.4. The molecule has 0 amide bonds. The molecule has 0 fully saturated rings. The van der Waals surface area contributed by atoms with Crippen LogP contribution in [0.1, 0.15) is 19.4 Å². The molecular formula is C15H21BrO. The van der Waals surface area contributed by atoms with Crippen LogP contribution in [0.2, 0.25) is 0 Å². The van der Waals surface area contributed by atoms with E-state index in [2.05, 4.69) is 60.1 Å². The highest BCUT2D eigenvalue weighted by atomic mass is 79.9. The summed E-state index contributed by atoms with van der Waals surface area (Å²) in [5.41, 5.74) is 2.68. The summed E-state index contributed by atoms with van der Waals surface area (Å²) in [6.07, 6.45) is 3.49. The minimum absolute atomic E-state index is 0.242. The summed E-state index contributed by atoms with van der Waals surface area (Å²) in [5.74, 6) is 0.428. The molecule has 2 unspecified atom stereocenters. The molecule has 1 nitrogen and oxygen atoms in total. The van der Waals surface area contributed by atoms with Gasteiger partial charge in [0.25, 0.3) is 0 Å². The van der Waals surface area contributed by atoms with Crippen LogP contribution in [0.15, 0.2) is 42.0 Å². The second-order valence-corrected chi connectivity index (χ2v) is 5.03. The van der Waals surface area contributed by atoms with Crippen molar-refractivity contribution in [2.45, 2.75) is 26.4 Å². The average molecular weight is 297 g/mol. The van der Waals surface area contributed by atoms with Crippen LogP contribution in [0.25, 0.3) is 0 Å². The number of benzene rings is 1. The Kier molecular flexibility index (Phi) is 6.53. The lowest BCUT2D eigenvalue weighted by molar-refractivity contribution is 0.0744. The van der Waals surface area contributed by atoms with E-state index < -0.39 is 0 Å². The highest BCUT2D eigenvalue weighted by Gasteiger charge is 2.15. The number of ether oxygens (including phenoxy) is 1. The SMILES string of the molecule is COC(Cc1ccccc1)C(C)/C=C(\C)CBr. The molecule has 0 aliphatic rings. The van der Waals surface area contributed by atoms with Crippen LogP contribution in [-0.4, -0.2) is 18.5 Å². The van der Waals surface area contributed by atoms with Crippen molar-refractivity contribution in [2.75, 3.05) is 12.4 Å². The quantitative estimate of drug-likeness (QED) is 0.564. The first-order chi connectivity index (χ1) is 8.17. The number of hydrogen-bond acceptors (Lipinski definition) is 1. The molecule has 0 N–H and O–H groups in total. The van der Waals surface area contributed by atoms with Gasteiger partial charge in [-0.15, -0.1) is 0 Å². The van der Waals surface area contributed by atoms with Gasteiger partial charge in [-0.2, -0.15) is 0 Å². The lowest BCUT2D eigenvalue weighted by Gasteiger charge is -2.20. The minimum atomic E-state index is 0.242. The first-order valence-electron chi connectivity index (χ1n) is 5.97. The van der Waals surface area contributed by atoms with Gasteiger partial charge in [0.1, 0.15) is 0 Å². The van der Waals surface area contributed by atoms with Crippen molar-refractivity contribution in [3.8, 4) is 0 Å². The first kappa shape index (κ1) is 14.5. The third-order valence-electron chi connectivity index (χ3n) is 2.93. The molecule has 0 aromatic heterocycles. The number of hydrogen-bond donors (Lipinski definition) is 0. The molecule has 0 spiro atoms. The number of rotatable bonds is 6. The molecule has 0 aliphatic carbocycles. The molecule has 0 aliphatic heterocycles. The van der Waals surface area contributed by atoms with Gasteiger partial charge < -0.3 is 4.74 Å². The first-order valence-corrected chi connectivity index (χ1v) is 7.09. The van der Waals surface area contributed by atoms with E-state index in [0.29, 0.717) is 5.92 Å². The predicted molar refractivity (Wildman–Crippen MR) is 77.7 cm³/mol. The Balaban J connectivity index is 2.66. The summed E-state index contributed by atoms with van der Waals surface area (Å²) in [6, 6.07) is 10.5. The van der Waals surface area contributed by atoms with Crippen LogP contribution >= 0.6 is 15.9 Å². The monoisotopic (exact) mass is 296 g/mol. The van der Waals surface area contributed by atoms with E-state index >= 15 is 0 Å². The standard InChI is InChI=1S/C15H21BrO/c1-12(11-16)9-13(2)15(17-3)10-14-7-5-4-6-8-14/h4-9,13,15H,10-11H2,1-3H3/b12-9+. The van der Waals surface area contributed by atoms with E-state index in [1.54, 1.807) is 7.11 Å². The Bertz CT molecular complexity index is 345. The van der Waals surface area contributed by atoms with Crippen molar-refractivity contribution in [1.29, 1.82) is 0 Å². The van der Waals surface area contributed by atoms with Crippen LogP contribution < -0.4 is 0 Å². The van der Waals surface area contributed by atoms with Crippen LogP contribution in [0, 0.1) is 5.92 Å². The molecular weight excluding hydrogens is 276 g/mol. The van der Waals surface area contributed by atoms with Crippen LogP contribution in [0.3, 0.4) is 0 Å². The Morgan fingerprint density at radius 3 is 2.53 bits per heavy atom. The van der Waals surface area contributed by atoms with Gasteiger partial charge in [0.15, 0.2) is 0 Å². The second-order valence-electron chi connectivity index (χ2n) is 4.47. The molecule has 0 heterocycles. The maximum absolute atomic E-state index is 5.60. The Morgan fingerprint density at radius 2 is 2.00 bits per heavy atom. The second kappa shape index (κ2) is 7.67. The maximum atomic E-state index is 5.60. The lowest BCUT2D eigenvalue weighted by atomic mass is 9.96. The van der Waals surface area contributed by atoms with E-state index in [1.165, 1.54) is 11.1 Å². The third-order valence-corrected chi connectivity index (χ3v) is 3.81. The molecule has 0 saturated carbocycles. The summed E-state index contributed by atoms with van der Waals surface area (Å²) in [6.45, 7) is 4.35. The van der Waals surface area contributed by atoms with Crippen LogP contribution in [0.5, 0.6) is 0 Å². The Morgan fingerprint density at radius 1 is 1.35 bits per heavy atom. The van der Waals surface area contributed by atoms with Gasteiger partial charge in [-0.1, -0.05) is 64.8 Å². The van der Waals surface area contributed by atoms with Crippen molar-refractivity contribution in [3.63, 3.8) is 0 Å². The van der Waals surface area contributed by atoms with Crippen molar-refractivity contribution >= 4 is 15.9 Å². The van der Waals surface area contributed by atoms with E-state index in [-0.39, 0.29) is 6.10 Å². The number of alkyl halides is 1. The summed E-state index contributed by atoms with van der Waals surface area (Å²) >= 11 is 3.47. The van der Waals surface area contributed by atoms with E-state index in [4.69, 9.17) is 4.74 Å². The minimum Gasteiger partial charge on any atom is -0.381 e. The summed E-state index contributed by atoms with van der Waals surface area (Å²) in [7, 11) is 1.79. The van der Waals surface area contributed by atoms with Gasteiger partial charge in [-0.3, -0.25) is 0 Å². The molecule has 0 bridgehead atoms. The van der Waals surface area contributed by atoms with Crippen molar-refractivity contribution in [1.82, 2.24) is 0 Å². The van der Waals surface area contributed by atoms with Crippen LogP contribution in [0.4, 0.5) is 0 Å². The Hall–Kier alpha value is -0.600. The molecule has 0 saturated heterocycles. The summed E-state index contributed by atoms with van der Waals surface area (Å²) < 4.78 is 5.60. The van der Waals surface area contributed by atoms with Crippen LogP contribution in [-0.2, 0) is 11.2 Å². The van der Waals surface area contributed by atoms with E-state index in [1.807, 2.05) is 6.07 Å². The molecule has 1 rings (SSSR count). The van der Waals surface area contributed by atoms with E-state index in [0.717, 1.165) is 11.8 Å². The molecule has 1 aromatic carbocycles. The summed E-state index contributed by atoms with van der Waals surface area (Å²) in [4.78, 5) is 0. The molecule has 2 heteroatoms. The Labute approximate surface area is 113 Å². The molecule has 1 aromatic rings. The van der Waals surface area contributed by atoms with Gasteiger partial charge in [-0.25, -0.2) is 0 Å². The fraction of sp³-hybridized carbons (Fsp3) is 0.467. The van der Waals surface area contributed by atoms with Gasteiger partial charge >= 0.3 is 0 Å². The third kappa shape index (κ3) is 5.05. The number of halogens is 1.